The lowest BCUT2D eigenvalue weighted by Gasteiger charge is -2.31. The van der Waals surface area contributed by atoms with Gasteiger partial charge in [0.1, 0.15) is 0 Å². The first-order valence-electron chi connectivity index (χ1n) is 21.9. The van der Waals surface area contributed by atoms with E-state index in [4.69, 9.17) is 0 Å². The molecule has 13 rings (SSSR count). The van der Waals surface area contributed by atoms with Gasteiger partial charge in [-0.3, -0.25) is 0 Å². The second-order valence-electron chi connectivity index (χ2n) is 16.5. The highest BCUT2D eigenvalue weighted by Gasteiger charge is 2.25. The Labute approximate surface area is 370 Å². The summed E-state index contributed by atoms with van der Waals surface area (Å²) in [6.45, 7) is 0. The number of benzene rings is 10. The average molecular weight is 817 g/mol. The van der Waals surface area contributed by atoms with Crippen molar-refractivity contribution >= 4 is 94.0 Å². The van der Waals surface area contributed by atoms with Crippen molar-refractivity contribution in [2.24, 2.45) is 0 Å². The number of para-hydroxylation sites is 6. The van der Waals surface area contributed by atoms with Crippen LogP contribution >= 0.6 is 0 Å². The fourth-order valence-corrected chi connectivity index (χ4v) is 10.3. The molecule has 0 amide bonds. The number of hydrogen-bond acceptors (Lipinski definition) is 2. The Hall–Kier alpha value is -8.60. The van der Waals surface area contributed by atoms with E-state index in [0.717, 1.165) is 39.8 Å². The summed E-state index contributed by atoms with van der Waals surface area (Å²) in [7, 11) is 0. The van der Waals surface area contributed by atoms with E-state index in [1.165, 1.54) is 71.0 Å². The highest BCUT2D eigenvalue weighted by Crippen LogP contribution is 2.47. The summed E-state index contributed by atoms with van der Waals surface area (Å²) >= 11 is 0. The lowest BCUT2D eigenvalue weighted by Crippen LogP contribution is -2.15. The van der Waals surface area contributed by atoms with Gasteiger partial charge in [0.05, 0.1) is 39.0 Å². The highest BCUT2D eigenvalue weighted by atomic mass is 15.2. The van der Waals surface area contributed by atoms with Crippen LogP contribution in [0.5, 0.6) is 0 Å². The van der Waals surface area contributed by atoms with E-state index in [1.54, 1.807) is 0 Å². The molecule has 3 heterocycles. The Kier molecular flexibility index (Phi) is 8.18. The Balaban J connectivity index is 1.05. The van der Waals surface area contributed by atoms with Crippen molar-refractivity contribution in [2.75, 3.05) is 9.80 Å². The van der Waals surface area contributed by atoms with Crippen LogP contribution in [0.25, 0.3) is 76.7 Å². The molecule has 0 N–H and O–H groups in total. The van der Waals surface area contributed by atoms with Gasteiger partial charge in [-0.1, -0.05) is 152 Å². The standard InChI is InChI=1S/C60H40N4/c1-4-19-41(20-5-1)42-21-14-26-45(39-42)61(43-22-6-2-7-23-43)46-27-15-28-47(40-46)62(44-24-8-3-9-25-44)53-34-12-13-35-54(53)63-55-36-17-30-49-51-32-16-31-50-48-29-10-11-33-52(48)64(60(50)51)57-38-18-37-56(63)59(57)58(49)55/h1-40H. The van der Waals surface area contributed by atoms with Crippen molar-refractivity contribution in [3.63, 3.8) is 0 Å². The van der Waals surface area contributed by atoms with Crippen molar-refractivity contribution in [2.45, 2.75) is 0 Å². The van der Waals surface area contributed by atoms with Crippen LogP contribution in [-0.4, -0.2) is 8.97 Å². The number of rotatable bonds is 8. The second-order valence-corrected chi connectivity index (χ2v) is 16.5. The molecule has 0 atom stereocenters. The topological polar surface area (TPSA) is 15.8 Å². The molecule has 0 fully saturated rings. The molecule has 0 radical (unpaired) electrons. The number of hydrogen-bond donors (Lipinski definition) is 0. The minimum atomic E-state index is 1.05. The van der Waals surface area contributed by atoms with Crippen LogP contribution in [0.4, 0.5) is 34.1 Å². The van der Waals surface area contributed by atoms with Crippen LogP contribution in [0.1, 0.15) is 0 Å². The molecule has 13 aromatic rings. The Bertz CT molecular complexity index is 3850. The van der Waals surface area contributed by atoms with E-state index in [2.05, 4.69) is 261 Å². The third-order valence-corrected chi connectivity index (χ3v) is 13.0. The molecule has 0 aliphatic heterocycles. The third kappa shape index (κ3) is 5.49. The van der Waals surface area contributed by atoms with E-state index in [0.29, 0.717) is 0 Å². The van der Waals surface area contributed by atoms with Gasteiger partial charge >= 0.3 is 0 Å². The lowest BCUT2D eigenvalue weighted by molar-refractivity contribution is 1.15. The van der Waals surface area contributed by atoms with Gasteiger partial charge in [0.25, 0.3) is 0 Å². The Morgan fingerprint density at radius 2 is 0.750 bits per heavy atom. The van der Waals surface area contributed by atoms with Gasteiger partial charge in [-0.05, 0) is 108 Å². The summed E-state index contributed by atoms with van der Waals surface area (Å²) in [6.07, 6.45) is 0. The predicted molar refractivity (Wildman–Crippen MR) is 270 cm³/mol. The summed E-state index contributed by atoms with van der Waals surface area (Å²) in [6, 6.07) is 88.1. The van der Waals surface area contributed by atoms with E-state index < -0.39 is 0 Å². The zero-order valence-corrected chi connectivity index (χ0v) is 34.9. The molecule has 3 aromatic heterocycles. The zero-order chi connectivity index (χ0) is 42.1. The maximum Gasteiger partial charge on any atom is 0.0702 e. The maximum absolute atomic E-state index is 2.51. The molecule has 0 unspecified atom stereocenters. The molecule has 0 spiro atoms. The van der Waals surface area contributed by atoms with E-state index in [9.17, 15) is 0 Å². The van der Waals surface area contributed by atoms with Gasteiger partial charge in [0.2, 0.25) is 0 Å². The fraction of sp³-hybridized carbons (Fsp3) is 0. The summed E-state index contributed by atoms with van der Waals surface area (Å²) < 4.78 is 5.00. The van der Waals surface area contributed by atoms with Gasteiger partial charge in [-0.2, -0.15) is 0 Å². The van der Waals surface area contributed by atoms with Gasteiger partial charge in [-0.25, -0.2) is 0 Å². The first-order chi connectivity index (χ1) is 31.8. The van der Waals surface area contributed by atoms with Crippen LogP contribution in [0.3, 0.4) is 0 Å². The quantitative estimate of drug-likeness (QED) is 0.152. The fourth-order valence-electron chi connectivity index (χ4n) is 10.3. The first-order valence-corrected chi connectivity index (χ1v) is 21.9. The summed E-state index contributed by atoms with van der Waals surface area (Å²) in [5.41, 5.74) is 15.9. The van der Waals surface area contributed by atoms with Crippen LogP contribution in [0, 0.1) is 0 Å². The number of nitrogens with zero attached hydrogens (tertiary/aromatic N) is 4. The molecule has 0 saturated carbocycles. The van der Waals surface area contributed by atoms with Gasteiger partial charge in [0.15, 0.2) is 0 Å². The molecule has 64 heavy (non-hydrogen) atoms. The first kappa shape index (κ1) is 36.1. The molecular weight excluding hydrogens is 777 g/mol. The summed E-state index contributed by atoms with van der Waals surface area (Å²) in [5, 5.41) is 7.58. The van der Waals surface area contributed by atoms with Crippen LogP contribution < -0.4 is 9.80 Å². The van der Waals surface area contributed by atoms with Gasteiger partial charge in [-0.15, -0.1) is 0 Å². The van der Waals surface area contributed by atoms with Gasteiger partial charge < -0.3 is 18.8 Å². The van der Waals surface area contributed by atoms with Crippen molar-refractivity contribution < 1.29 is 0 Å². The molecule has 4 nitrogen and oxygen atoms in total. The SMILES string of the molecule is c1ccc(-c2cccc(N(c3ccccc3)c3cccc(N(c4ccccc4)c4ccccc4-n4c5cccc6c7cccc8c9ccccc9n(c9cccc4c9c65)c78)c3)c2)cc1. The molecule has 300 valence electrons. The van der Waals surface area contributed by atoms with Gasteiger partial charge in [0, 0.05) is 55.4 Å². The average Bonchev–Trinajstić information content (AvgIpc) is 3.85. The monoisotopic (exact) mass is 816 g/mol. The van der Waals surface area contributed by atoms with E-state index in [1.807, 2.05) is 0 Å². The van der Waals surface area contributed by atoms with Crippen molar-refractivity contribution in [1.82, 2.24) is 8.97 Å². The van der Waals surface area contributed by atoms with Crippen molar-refractivity contribution in [1.29, 1.82) is 0 Å². The van der Waals surface area contributed by atoms with Crippen LogP contribution in [0.15, 0.2) is 243 Å². The third-order valence-electron chi connectivity index (χ3n) is 13.0. The Morgan fingerprint density at radius 1 is 0.281 bits per heavy atom. The molecular formula is C60H40N4. The number of fused-ring (bicyclic) bond motifs is 5. The summed E-state index contributed by atoms with van der Waals surface area (Å²) in [5.74, 6) is 0. The molecule has 0 bridgehead atoms. The Morgan fingerprint density at radius 3 is 1.53 bits per heavy atom. The minimum absolute atomic E-state index is 1.05. The summed E-state index contributed by atoms with van der Waals surface area (Å²) in [4.78, 5) is 4.77. The molecule has 0 aliphatic carbocycles. The number of aromatic nitrogens is 2. The van der Waals surface area contributed by atoms with E-state index >= 15 is 0 Å². The molecule has 10 aromatic carbocycles. The smallest absolute Gasteiger partial charge is 0.0702 e. The number of anilines is 6. The minimum Gasteiger partial charge on any atom is -0.310 e. The molecule has 0 aliphatic rings. The van der Waals surface area contributed by atoms with Crippen molar-refractivity contribution in [3.8, 4) is 16.8 Å². The molecule has 4 heteroatoms. The maximum atomic E-state index is 2.51. The zero-order valence-electron chi connectivity index (χ0n) is 34.9. The highest BCUT2D eigenvalue weighted by molar-refractivity contribution is 6.31. The van der Waals surface area contributed by atoms with E-state index in [-0.39, 0.29) is 0 Å². The molecule has 0 saturated heterocycles. The largest absolute Gasteiger partial charge is 0.310 e. The van der Waals surface area contributed by atoms with Crippen LogP contribution in [0.2, 0.25) is 0 Å². The normalized spacial score (nSPS) is 11.8. The van der Waals surface area contributed by atoms with Crippen molar-refractivity contribution in [3.05, 3.63) is 243 Å². The second kappa shape index (κ2) is 14.5. The van der Waals surface area contributed by atoms with Crippen LogP contribution in [-0.2, 0) is 0 Å². The lowest BCUT2D eigenvalue weighted by atomic mass is 10.0. The predicted octanol–water partition coefficient (Wildman–Crippen LogP) is 16.5.